The van der Waals surface area contributed by atoms with Crippen molar-refractivity contribution in [2.75, 3.05) is 5.32 Å². The summed E-state index contributed by atoms with van der Waals surface area (Å²) in [6.07, 6.45) is 0. The van der Waals surface area contributed by atoms with Gasteiger partial charge in [0.1, 0.15) is 5.82 Å². The van der Waals surface area contributed by atoms with Gasteiger partial charge in [0.25, 0.3) is 5.91 Å². The van der Waals surface area contributed by atoms with Crippen LogP contribution in [0.25, 0.3) is 0 Å². The number of amides is 1. The number of carbonyl (C=O) groups excluding carboxylic acids is 1. The van der Waals surface area contributed by atoms with Gasteiger partial charge in [-0.25, -0.2) is 8.78 Å². The van der Waals surface area contributed by atoms with Crippen molar-refractivity contribution >= 4 is 34.8 Å². The largest absolute Gasteiger partial charge is 0.317 e. The molecule has 1 aromatic carbocycles. The Balaban J connectivity index is 2.26. The Labute approximate surface area is 116 Å². The molecule has 0 bridgehead atoms. The summed E-state index contributed by atoms with van der Waals surface area (Å²) < 4.78 is 26.3. The summed E-state index contributed by atoms with van der Waals surface area (Å²) in [6, 6.07) is 4.15. The maximum atomic E-state index is 13.5. The maximum absolute atomic E-state index is 13.5. The molecule has 0 atom stereocenters. The lowest BCUT2D eigenvalue weighted by Gasteiger charge is -2.07. The van der Waals surface area contributed by atoms with Crippen molar-refractivity contribution < 1.29 is 13.6 Å². The molecule has 2 rings (SSSR count). The van der Waals surface area contributed by atoms with E-state index in [9.17, 15) is 13.6 Å². The molecule has 2 aromatic rings. The number of halogens is 4. The summed E-state index contributed by atoms with van der Waals surface area (Å²) in [5, 5.41) is 9.03. The van der Waals surface area contributed by atoms with E-state index in [1.54, 1.807) is 0 Å². The first-order chi connectivity index (χ1) is 8.97. The summed E-state index contributed by atoms with van der Waals surface area (Å²) in [5.41, 5.74) is -0.408. The quantitative estimate of drug-likeness (QED) is 0.926. The number of carbonyl (C=O) groups is 1. The predicted molar refractivity (Wildman–Crippen MR) is 66.4 cm³/mol. The van der Waals surface area contributed by atoms with E-state index in [-0.39, 0.29) is 21.6 Å². The smallest absolute Gasteiger partial charge is 0.276 e. The first-order valence-electron chi connectivity index (χ1n) is 4.92. The highest BCUT2D eigenvalue weighted by Gasteiger charge is 2.15. The van der Waals surface area contributed by atoms with Crippen molar-refractivity contribution in [2.45, 2.75) is 0 Å². The highest BCUT2D eigenvalue weighted by molar-refractivity contribution is 6.34. The lowest BCUT2D eigenvalue weighted by molar-refractivity contribution is 0.102. The molecular formula is C11H5Cl2F2N3O. The molecule has 0 saturated heterocycles. The van der Waals surface area contributed by atoms with E-state index in [0.717, 1.165) is 6.07 Å². The summed E-state index contributed by atoms with van der Waals surface area (Å²) in [5.74, 6) is -2.57. The molecule has 0 fully saturated rings. The molecule has 0 saturated carbocycles. The minimum absolute atomic E-state index is 0.0795. The third-order valence-electron chi connectivity index (χ3n) is 2.11. The Morgan fingerprint density at radius 2 is 1.89 bits per heavy atom. The van der Waals surface area contributed by atoms with Crippen LogP contribution in [0.3, 0.4) is 0 Å². The van der Waals surface area contributed by atoms with Gasteiger partial charge < -0.3 is 5.32 Å². The lowest BCUT2D eigenvalue weighted by Crippen LogP contribution is -2.15. The Hall–Kier alpha value is -1.79. The number of nitrogens with zero attached hydrogens (tertiary/aromatic N) is 2. The van der Waals surface area contributed by atoms with Gasteiger partial charge in [-0.1, -0.05) is 23.2 Å². The monoisotopic (exact) mass is 303 g/mol. The molecule has 0 spiro atoms. The molecule has 1 heterocycles. The van der Waals surface area contributed by atoms with E-state index in [1.807, 2.05) is 0 Å². The van der Waals surface area contributed by atoms with Gasteiger partial charge in [-0.3, -0.25) is 4.79 Å². The van der Waals surface area contributed by atoms with Crippen LogP contribution >= 0.6 is 23.2 Å². The van der Waals surface area contributed by atoms with E-state index in [1.165, 1.54) is 12.1 Å². The fourth-order valence-corrected chi connectivity index (χ4v) is 1.62. The van der Waals surface area contributed by atoms with Crippen molar-refractivity contribution in [1.82, 2.24) is 10.2 Å². The lowest BCUT2D eigenvalue weighted by atomic mass is 10.2. The predicted octanol–water partition coefficient (Wildman–Crippen LogP) is 3.31. The minimum atomic E-state index is -0.986. The number of anilines is 1. The number of nitrogens with one attached hydrogen (secondary N) is 1. The van der Waals surface area contributed by atoms with Crippen molar-refractivity contribution in [2.24, 2.45) is 0 Å². The summed E-state index contributed by atoms with van der Waals surface area (Å²) in [4.78, 5) is 11.7. The van der Waals surface area contributed by atoms with Crippen LogP contribution in [0.1, 0.15) is 10.5 Å². The molecule has 1 amide bonds. The first-order valence-corrected chi connectivity index (χ1v) is 5.68. The molecule has 1 aromatic heterocycles. The van der Waals surface area contributed by atoms with Gasteiger partial charge in [0.05, 0.1) is 10.7 Å². The van der Waals surface area contributed by atoms with E-state index in [4.69, 9.17) is 23.2 Å². The van der Waals surface area contributed by atoms with Gasteiger partial charge in [0.2, 0.25) is 0 Å². The van der Waals surface area contributed by atoms with Crippen LogP contribution in [-0.4, -0.2) is 16.1 Å². The van der Waals surface area contributed by atoms with Crippen molar-refractivity contribution in [3.63, 3.8) is 0 Å². The van der Waals surface area contributed by atoms with Crippen LogP contribution in [0.5, 0.6) is 0 Å². The number of hydrogen-bond acceptors (Lipinski definition) is 3. The highest BCUT2D eigenvalue weighted by Crippen LogP contribution is 2.26. The molecule has 0 aliphatic heterocycles. The van der Waals surface area contributed by atoms with Crippen molar-refractivity contribution in [3.05, 3.63) is 51.8 Å². The number of rotatable bonds is 2. The van der Waals surface area contributed by atoms with Gasteiger partial charge in [-0.15, -0.1) is 10.2 Å². The SMILES string of the molecule is O=C(Nc1c(F)cc(F)cc1Cl)c1ccc(Cl)nn1. The topological polar surface area (TPSA) is 54.9 Å². The third-order valence-corrected chi connectivity index (χ3v) is 2.61. The van der Waals surface area contributed by atoms with Crippen LogP contribution in [0.15, 0.2) is 24.3 Å². The zero-order valence-electron chi connectivity index (χ0n) is 9.12. The van der Waals surface area contributed by atoms with E-state index in [2.05, 4.69) is 15.5 Å². The molecule has 0 aliphatic carbocycles. The normalized spacial score (nSPS) is 10.3. The molecule has 0 aliphatic rings. The van der Waals surface area contributed by atoms with Crippen LogP contribution in [0.2, 0.25) is 10.2 Å². The van der Waals surface area contributed by atoms with Crippen LogP contribution in [0.4, 0.5) is 14.5 Å². The highest BCUT2D eigenvalue weighted by atomic mass is 35.5. The Morgan fingerprint density at radius 1 is 1.16 bits per heavy atom. The molecular weight excluding hydrogens is 299 g/mol. The Morgan fingerprint density at radius 3 is 2.47 bits per heavy atom. The van der Waals surface area contributed by atoms with Crippen molar-refractivity contribution in [3.8, 4) is 0 Å². The van der Waals surface area contributed by atoms with Gasteiger partial charge >= 0.3 is 0 Å². The number of hydrogen-bond donors (Lipinski definition) is 1. The van der Waals surface area contributed by atoms with Crippen LogP contribution in [-0.2, 0) is 0 Å². The number of aromatic nitrogens is 2. The molecule has 0 radical (unpaired) electrons. The second-order valence-electron chi connectivity index (χ2n) is 3.44. The van der Waals surface area contributed by atoms with Crippen molar-refractivity contribution in [1.29, 1.82) is 0 Å². The second kappa shape index (κ2) is 5.46. The fourth-order valence-electron chi connectivity index (χ4n) is 1.28. The fraction of sp³-hybridized carbons (Fsp3) is 0. The summed E-state index contributed by atoms with van der Waals surface area (Å²) in [6.45, 7) is 0. The molecule has 1 N–H and O–H groups in total. The average Bonchev–Trinajstić information content (AvgIpc) is 2.34. The van der Waals surface area contributed by atoms with Gasteiger partial charge in [-0.05, 0) is 18.2 Å². The maximum Gasteiger partial charge on any atom is 0.276 e. The molecule has 0 unspecified atom stereocenters. The summed E-state index contributed by atoms with van der Waals surface area (Å²) >= 11 is 11.2. The molecule has 4 nitrogen and oxygen atoms in total. The third kappa shape index (κ3) is 3.15. The van der Waals surface area contributed by atoms with Crippen LogP contribution in [0, 0.1) is 11.6 Å². The number of benzene rings is 1. The minimum Gasteiger partial charge on any atom is -0.317 e. The van der Waals surface area contributed by atoms with E-state index in [0.29, 0.717) is 6.07 Å². The first kappa shape index (κ1) is 13.6. The van der Waals surface area contributed by atoms with Gasteiger partial charge in [-0.2, -0.15) is 0 Å². The second-order valence-corrected chi connectivity index (χ2v) is 4.23. The van der Waals surface area contributed by atoms with E-state index >= 15 is 0 Å². The average molecular weight is 304 g/mol. The standard InChI is InChI=1S/C11H5Cl2F2N3O/c12-6-3-5(14)4-7(15)10(6)16-11(19)8-1-2-9(13)18-17-8/h1-4H,(H,16,19). The van der Waals surface area contributed by atoms with E-state index < -0.39 is 17.5 Å². The Kier molecular flexibility index (Phi) is 3.92. The Bertz CT molecular complexity index is 611. The molecule has 19 heavy (non-hydrogen) atoms. The molecule has 98 valence electrons. The van der Waals surface area contributed by atoms with Crippen LogP contribution < -0.4 is 5.32 Å². The zero-order valence-corrected chi connectivity index (χ0v) is 10.6. The molecule has 8 heteroatoms. The van der Waals surface area contributed by atoms with Gasteiger partial charge in [0, 0.05) is 6.07 Å². The zero-order chi connectivity index (χ0) is 14.0. The summed E-state index contributed by atoms with van der Waals surface area (Å²) in [7, 11) is 0. The van der Waals surface area contributed by atoms with Gasteiger partial charge in [0.15, 0.2) is 16.7 Å².